The van der Waals surface area contributed by atoms with E-state index in [1.165, 1.54) is 0 Å². The molecule has 1 unspecified atom stereocenters. The molecule has 1 atom stereocenters. The quantitative estimate of drug-likeness (QED) is 0.433. The number of nitrogens with zero attached hydrogens (tertiary/aromatic N) is 1. The van der Waals surface area contributed by atoms with Crippen LogP contribution >= 0.6 is 8.15 Å². The summed E-state index contributed by atoms with van der Waals surface area (Å²) in [6.07, 6.45) is 1.53. The second-order valence-corrected chi connectivity index (χ2v) is 6.85. The zero-order chi connectivity index (χ0) is 14.9. The predicted molar refractivity (Wildman–Crippen MR) is 76.2 cm³/mol. The van der Waals surface area contributed by atoms with Gasteiger partial charge in [0.15, 0.2) is 0 Å². The predicted octanol–water partition coefficient (Wildman–Crippen LogP) is 1.07. The second kappa shape index (κ2) is 9.20. The minimum absolute atomic E-state index is 0.0133. The van der Waals surface area contributed by atoms with Crippen molar-refractivity contribution in [1.82, 2.24) is 0 Å². The first kappa shape index (κ1) is 19.6. The van der Waals surface area contributed by atoms with Crippen LogP contribution in [-0.2, 0) is 9.59 Å². The van der Waals surface area contributed by atoms with E-state index in [2.05, 4.69) is 6.58 Å². The van der Waals surface area contributed by atoms with Gasteiger partial charge in [-0.25, -0.2) is 0 Å². The molecule has 0 saturated heterocycles. The van der Waals surface area contributed by atoms with Crippen LogP contribution in [0, 0.1) is 0 Å². The number of carbonyl (C=O) groups is 2. The van der Waals surface area contributed by atoms with E-state index in [1.807, 2.05) is 28.1 Å². The van der Waals surface area contributed by atoms with Crippen molar-refractivity contribution in [3.8, 4) is 0 Å². The molecule has 0 spiro atoms. The van der Waals surface area contributed by atoms with Crippen molar-refractivity contribution in [2.45, 2.75) is 20.3 Å². The Hall–Kier alpha value is -0.770. The van der Waals surface area contributed by atoms with Crippen molar-refractivity contribution in [2.75, 3.05) is 33.8 Å². The number of hydrogen-bond donors (Lipinski definition) is 2. The maximum absolute atomic E-state index is 11.3. The van der Waals surface area contributed by atoms with Gasteiger partial charge in [0, 0.05) is 5.57 Å². The van der Waals surface area contributed by atoms with Crippen LogP contribution in [0.25, 0.3) is 0 Å². The molecule has 0 heterocycles. The van der Waals surface area contributed by atoms with Crippen molar-refractivity contribution >= 4 is 19.6 Å². The molecule has 0 aromatic rings. The SMILES string of the molecule is C=C(C)C(N)=O.CCCP(O)C(=O)C[N+](C)(C)C. The van der Waals surface area contributed by atoms with Crippen LogP contribution in [0.4, 0.5) is 0 Å². The minimum Gasteiger partial charge on any atom is -0.366 e. The zero-order valence-corrected chi connectivity index (χ0v) is 13.0. The lowest BCUT2D eigenvalue weighted by Gasteiger charge is -2.23. The van der Waals surface area contributed by atoms with Gasteiger partial charge < -0.3 is 15.1 Å². The van der Waals surface area contributed by atoms with E-state index < -0.39 is 14.1 Å². The highest BCUT2D eigenvalue weighted by Gasteiger charge is 2.21. The summed E-state index contributed by atoms with van der Waals surface area (Å²) < 4.78 is 0.599. The van der Waals surface area contributed by atoms with Crippen molar-refractivity contribution in [2.24, 2.45) is 5.73 Å². The standard InChI is InChI=1S/C8H19NO2P.C4H7NO/c1-5-6-12(11)8(10)7-9(2,3)4;1-3(2)4(5)6/h11H,5-7H2,1-4H3;1H2,2H3,(H2,5,6)/q+1;. The molecule has 5 nitrogen and oxygen atoms in total. The topological polar surface area (TPSA) is 80.4 Å². The first-order valence-corrected chi connectivity index (χ1v) is 7.24. The van der Waals surface area contributed by atoms with Crippen LogP contribution in [0.15, 0.2) is 12.2 Å². The molecule has 0 aliphatic heterocycles. The fourth-order valence-electron chi connectivity index (χ4n) is 0.824. The largest absolute Gasteiger partial charge is 0.366 e. The van der Waals surface area contributed by atoms with Crippen molar-refractivity contribution in [1.29, 1.82) is 0 Å². The number of nitrogens with two attached hydrogens (primary N) is 1. The van der Waals surface area contributed by atoms with E-state index in [0.717, 1.165) is 6.42 Å². The molecule has 0 fully saturated rings. The van der Waals surface area contributed by atoms with Gasteiger partial charge in [0.05, 0.1) is 21.1 Å². The maximum Gasteiger partial charge on any atom is 0.243 e. The Balaban J connectivity index is 0. The minimum atomic E-state index is -1.36. The van der Waals surface area contributed by atoms with Gasteiger partial charge in [-0.05, 0) is 19.5 Å². The molecule has 0 bridgehead atoms. The molecule has 3 N–H and O–H groups in total. The van der Waals surface area contributed by atoms with Crippen molar-refractivity contribution < 1.29 is 19.0 Å². The molecule has 0 saturated carbocycles. The Kier molecular flexibility index (Phi) is 10.00. The molecule has 0 aliphatic carbocycles. The Morgan fingerprint density at radius 1 is 1.33 bits per heavy atom. The van der Waals surface area contributed by atoms with E-state index in [-0.39, 0.29) is 5.52 Å². The molecule has 106 valence electrons. The van der Waals surface area contributed by atoms with Crippen LogP contribution in [0.3, 0.4) is 0 Å². The average molecular weight is 277 g/mol. The molecule has 0 radical (unpaired) electrons. The zero-order valence-electron chi connectivity index (χ0n) is 12.1. The van der Waals surface area contributed by atoms with Crippen LogP contribution in [0.1, 0.15) is 20.3 Å². The molecule has 0 aromatic carbocycles. The lowest BCUT2D eigenvalue weighted by molar-refractivity contribution is -0.861. The van der Waals surface area contributed by atoms with Gasteiger partial charge in [0.25, 0.3) is 0 Å². The number of amides is 1. The second-order valence-electron chi connectivity index (χ2n) is 5.11. The Morgan fingerprint density at radius 2 is 1.72 bits per heavy atom. The first-order chi connectivity index (χ1) is 8.01. The monoisotopic (exact) mass is 277 g/mol. The summed E-state index contributed by atoms with van der Waals surface area (Å²) in [5.74, 6) is -0.435. The van der Waals surface area contributed by atoms with Gasteiger partial charge in [-0.1, -0.05) is 13.5 Å². The van der Waals surface area contributed by atoms with Crippen molar-refractivity contribution in [3.05, 3.63) is 12.2 Å². The number of likely N-dealkylation sites (N-methyl/N-ethyl adjacent to an activating group) is 1. The van der Waals surface area contributed by atoms with Gasteiger partial charge in [-0.3, -0.25) is 9.59 Å². The molecule has 0 aromatic heterocycles. The van der Waals surface area contributed by atoms with Crippen molar-refractivity contribution in [3.63, 3.8) is 0 Å². The van der Waals surface area contributed by atoms with Crippen LogP contribution in [0.5, 0.6) is 0 Å². The number of carbonyl (C=O) groups excluding carboxylic acids is 2. The van der Waals surface area contributed by atoms with Gasteiger partial charge >= 0.3 is 0 Å². The van der Waals surface area contributed by atoms with E-state index >= 15 is 0 Å². The maximum atomic E-state index is 11.3. The summed E-state index contributed by atoms with van der Waals surface area (Å²) in [4.78, 5) is 30.5. The number of primary amides is 1. The van der Waals surface area contributed by atoms with E-state index in [1.54, 1.807) is 6.92 Å². The number of rotatable bonds is 6. The van der Waals surface area contributed by atoms with Crippen LogP contribution in [-0.4, -0.2) is 54.7 Å². The van der Waals surface area contributed by atoms with Gasteiger partial charge in [-0.2, -0.15) is 0 Å². The van der Waals surface area contributed by atoms with E-state index in [4.69, 9.17) is 5.73 Å². The summed E-state index contributed by atoms with van der Waals surface area (Å²) >= 11 is 0. The third-order valence-electron chi connectivity index (χ3n) is 1.75. The van der Waals surface area contributed by atoms with E-state index in [0.29, 0.717) is 22.8 Å². The Bertz CT molecular complexity index is 286. The third-order valence-corrected chi connectivity index (χ3v) is 3.34. The summed E-state index contributed by atoms with van der Waals surface area (Å²) in [5.41, 5.74) is 5.11. The molecule has 18 heavy (non-hydrogen) atoms. The summed E-state index contributed by atoms with van der Waals surface area (Å²) in [6.45, 7) is 7.26. The molecular weight excluding hydrogens is 251 g/mol. The van der Waals surface area contributed by atoms with Gasteiger partial charge in [-0.15, -0.1) is 0 Å². The highest BCUT2D eigenvalue weighted by Crippen LogP contribution is 2.31. The Morgan fingerprint density at radius 3 is 1.94 bits per heavy atom. The molecule has 6 heteroatoms. The number of quaternary nitrogens is 1. The first-order valence-electron chi connectivity index (χ1n) is 5.76. The fourth-order valence-corrected chi connectivity index (χ4v) is 2.08. The summed E-state index contributed by atoms with van der Waals surface area (Å²) in [5, 5.41) is 0. The molecule has 1 amide bonds. The molecule has 0 rings (SSSR count). The number of hydrogen-bond acceptors (Lipinski definition) is 3. The van der Waals surface area contributed by atoms with Crippen LogP contribution in [0.2, 0.25) is 0 Å². The normalized spacial score (nSPS) is 12.1. The highest BCUT2D eigenvalue weighted by atomic mass is 31.1. The lowest BCUT2D eigenvalue weighted by Crippen LogP contribution is -2.39. The molecule has 0 aliphatic rings. The van der Waals surface area contributed by atoms with Gasteiger partial charge in [0.2, 0.25) is 11.4 Å². The third kappa shape index (κ3) is 13.3. The summed E-state index contributed by atoms with van der Waals surface area (Å²) in [7, 11) is 4.49. The van der Waals surface area contributed by atoms with Crippen LogP contribution < -0.4 is 5.73 Å². The fraction of sp³-hybridized carbons (Fsp3) is 0.667. The smallest absolute Gasteiger partial charge is 0.243 e. The average Bonchev–Trinajstić information content (AvgIpc) is 2.16. The lowest BCUT2D eigenvalue weighted by atomic mass is 10.3. The highest BCUT2D eigenvalue weighted by molar-refractivity contribution is 7.69. The Labute approximate surface area is 111 Å². The van der Waals surface area contributed by atoms with E-state index in [9.17, 15) is 14.5 Å². The van der Waals surface area contributed by atoms with Gasteiger partial charge in [0.1, 0.15) is 14.7 Å². The molecular formula is C12H26N2O3P+. The summed E-state index contributed by atoms with van der Waals surface area (Å²) in [6, 6.07) is 0.